The maximum absolute atomic E-state index is 12.1. The summed E-state index contributed by atoms with van der Waals surface area (Å²) >= 11 is 0. The molecule has 0 unspecified atom stereocenters. The topological polar surface area (TPSA) is 145 Å². The quantitative estimate of drug-likeness (QED) is 0.0664. The Morgan fingerprint density at radius 1 is 0.608 bits per heavy atom. The first-order valence-corrected chi connectivity index (χ1v) is 17.3. The van der Waals surface area contributed by atoms with Crippen molar-refractivity contribution in [2.75, 3.05) is 10.6 Å². The highest BCUT2D eigenvalue weighted by Crippen LogP contribution is 2.33. The van der Waals surface area contributed by atoms with Gasteiger partial charge >= 0.3 is 5.97 Å². The number of phenols is 3. The number of nitrogens with one attached hydrogen (secondary N) is 2. The summed E-state index contributed by atoms with van der Waals surface area (Å²) in [6, 6.07) is 20.5. The number of carbonyl (C=O) groups is 3. The van der Waals surface area contributed by atoms with E-state index in [1.807, 2.05) is 82.2 Å². The average Bonchev–Trinajstić information content (AvgIpc) is 3.09. The van der Waals surface area contributed by atoms with Gasteiger partial charge in [-0.25, -0.2) is 0 Å². The summed E-state index contributed by atoms with van der Waals surface area (Å²) in [6.45, 7) is 20.9. The van der Waals surface area contributed by atoms with Crippen LogP contribution in [0.2, 0.25) is 0 Å². The standard InChI is InChI=1S/C16H18O3.C14H21NO2.C12H17NO2/c1-4-16(2,3)15(18)19-14-10-6-7-11-12(14)8-5-9-13(11)17;1-6-14(4,5)13(17)15-11-7-9(2)12(16)10(3)8-11;1-4-12(2,3)11(15)13-9-5-7-10(14)8-6-9/h5-10,17H,4H2,1-3H3;7-8,16H,6H2,1-5H3,(H,15,17);5-8,14H,4H2,1-3H3,(H,13,15). The summed E-state index contributed by atoms with van der Waals surface area (Å²) < 4.78 is 5.49. The van der Waals surface area contributed by atoms with Crippen LogP contribution in [0.25, 0.3) is 10.8 Å². The number of rotatable bonds is 9. The van der Waals surface area contributed by atoms with E-state index < -0.39 is 5.41 Å². The molecule has 0 spiro atoms. The molecule has 9 nitrogen and oxygen atoms in total. The minimum atomic E-state index is -0.515. The molecule has 0 radical (unpaired) electrons. The van der Waals surface area contributed by atoms with Gasteiger partial charge in [0.2, 0.25) is 11.8 Å². The summed E-state index contributed by atoms with van der Waals surface area (Å²) in [6.07, 6.45) is 2.29. The molecule has 9 heteroatoms. The van der Waals surface area contributed by atoms with Gasteiger partial charge in [0, 0.05) is 33.0 Å². The second kappa shape index (κ2) is 17.7. The predicted octanol–water partition coefficient (Wildman–Crippen LogP) is 10.0. The zero-order valence-electron chi connectivity index (χ0n) is 32.0. The Balaban J connectivity index is 0.000000267. The van der Waals surface area contributed by atoms with Crippen LogP contribution in [0.5, 0.6) is 23.0 Å². The number of aromatic hydroxyl groups is 3. The molecular weight excluding hydrogens is 644 g/mol. The molecule has 0 aliphatic heterocycles. The number of hydrogen-bond acceptors (Lipinski definition) is 7. The normalized spacial score (nSPS) is 11.4. The highest BCUT2D eigenvalue weighted by molar-refractivity contribution is 5.96. The maximum Gasteiger partial charge on any atom is 0.316 e. The number of carbonyl (C=O) groups excluding carboxylic acids is 3. The van der Waals surface area contributed by atoms with Crippen molar-refractivity contribution in [2.45, 2.75) is 95.4 Å². The van der Waals surface area contributed by atoms with Gasteiger partial charge in [-0.05, 0) is 107 Å². The van der Waals surface area contributed by atoms with E-state index in [1.165, 1.54) is 0 Å². The van der Waals surface area contributed by atoms with Crippen LogP contribution in [0.3, 0.4) is 0 Å². The summed E-state index contributed by atoms with van der Waals surface area (Å²) in [5.74, 6) is 0.900. The molecule has 51 heavy (non-hydrogen) atoms. The van der Waals surface area contributed by atoms with Gasteiger partial charge in [-0.3, -0.25) is 14.4 Å². The lowest BCUT2D eigenvalue weighted by Gasteiger charge is -2.22. The lowest BCUT2D eigenvalue weighted by atomic mass is 9.89. The van der Waals surface area contributed by atoms with Crippen LogP contribution in [0, 0.1) is 30.1 Å². The first kappa shape index (κ1) is 42.1. The zero-order chi connectivity index (χ0) is 38.7. The Bertz CT molecular complexity index is 1790. The molecule has 2 amide bonds. The fourth-order valence-electron chi connectivity index (χ4n) is 4.23. The molecule has 4 aromatic carbocycles. The van der Waals surface area contributed by atoms with Gasteiger partial charge in [0.1, 0.15) is 23.0 Å². The fraction of sp³-hybridized carbons (Fsp3) is 0.405. The second-order valence-electron chi connectivity index (χ2n) is 14.6. The number of benzene rings is 4. The Morgan fingerprint density at radius 2 is 1.06 bits per heavy atom. The molecule has 0 fully saturated rings. The van der Waals surface area contributed by atoms with E-state index in [1.54, 1.807) is 66.7 Å². The molecule has 0 aliphatic carbocycles. The van der Waals surface area contributed by atoms with Crippen molar-refractivity contribution in [3.63, 3.8) is 0 Å². The summed E-state index contributed by atoms with van der Waals surface area (Å²) in [4.78, 5) is 35.9. The monoisotopic (exact) mass is 700 g/mol. The molecule has 0 aliphatic rings. The third-order valence-corrected chi connectivity index (χ3v) is 9.37. The summed E-state index contributed by atoms with van der Waals surface area (Å²) in [5.41, 5.74) is 1.74. The Morgan fingerprint density at radius 3 is 1.55 bits per heavy atom. The average molecular weight is 701 g/mol. The van der Waals surface area contributed by atoms with Gasteiger partial charge in [0.15, 0.2) is 0 Å². The number of amides is 2. The van der Waals surface area contributed by atoms with Crippen molar-refractivity contribution < 1.29 is 34.4 Å². The highest BCUT2D eigenvalue weighted by atomic mass is 16.5. The lowest BCUT2D eigenvalue weighted by Crippen LogP contribution is -2.30. The van der Waals surface area contributed by atoms with Gasteiger partial charge in [-0.15, -0.1) is 0 Å². The third-order valence-electron chi connectivity index (χ3n) is 9.37. The van der Waals surface area contributed by atoms with Crippen LogP contribution in [0.4, 0.5) is 11.4 Å². The van der Waals surface area contributed by atoms with Crippen LogP contribution in [-0.2, 0) is 14.4 Å². The molecule has 0 saturated carbocycles. The fourth-order valence-corrected chi connectivity index (χ4v) is 4.23. The SMILES string of the molecule is CCC(C)(C)C(=O)Nc1cc(C)c(O)c(C)c1.CCC(C)(C)C(=O)Nc1ccc(O)cc1.CCC(C)(C)C(=O)Oc1cccc2c(O)cccc12. The van der Waals surface area contributed by atoms with Gasteiger partial charge in [-0.2, -0.15) is 0 Å². The van der Waals surface area contributed by atoms with Crippen molar-refractivity contribution in [2.24, 2.45) is 16.2 Å². The smallest absolute Gasteiger partial charge is 0.316 e. The number of esters is 1. The largest absolute Gasteiger partial charge is 0.508 e. The number of hydrogen-bond donors (Lipinski definition) is 5. The van der Waals surface area contributed by atoms with E-state index in [-0.39, 0.29) is 45.9 Å². The molecule has 0 aromatic heterocycles. The minimum absolute atomic E-state index is 0.00399. The van der Waals surface area contributed by atoms with E-state index in [0.717, 1.165) is 35.0 Å². The number of aryl methyl sites for hydroxylation is 2. The lowest BCUT2D eigenvalue weighted by molar-refractivity contribution is -0.144. The van der Waals surface area contributed by atoms with E-state index in [2.05, 4.69) is 10.6 Å². The Kier molecular flexibility index (Phi) is 14.7. The molecule has 0 atom stereocenters. The van der Waals surface area contributed by atoms with Gasteiger partial charge in [0.05, 0.1) is 5.41 Å². The molecule has 4 aromatic rings. The molecule has 0 heterocycles. The van der Waals surface area contributed by atoms with Crippen molar-refractivity contribution >= 4 is 39.9 Å². The van der Waals surface area contributed by atoms with Crippen LogP contribution in [0.1, 0.15) is 92.7 Å². The summed E-state index contributed by atoms with van der Waals surface area (Å²) in [5, 5.41) is 35.7. The number of fused-ring (bicyclic) bond motifs is 1. The number of ether oxygens (including phenoxy) is 1. The molecular formula is C42H56N2O7. The molecule has 0 bridgehead atoms. The third kappa shape index (κ3) is 11.8. The van der Waals surface area contributed by atoms with Crippen molar-refractivity contribution in [1.29, 1.82) is 0 Å². The van der Waals surface area contributed by atoms with Crippen LogP contribution < -0.4 is 15.4 Å². The van der Waals surface area contributed by atoms with Crippen molar-refractivity contribution in [1.82, 2.24) is 0 Å². The minimum Gasteiger partial charge on any atom is -0.508 e. The number of anilines is 2. The van der Waals surface area contributed by atoms with E-state index >= 15 is 0 Å². The first-order valence-electron chi connectivity index (χ1n) is 17.3. The maximum atomic E-state index is 12.1. The predicted molar refractivity (Wildman–Crippen MR) is 206 cm³/mol. The zero-order valence-corrected chi connectivity index (χ0v) is 32.0. The molecule has 5 N–H and O–H groups in total. The van der Waals surface area contributed by atoms with Gasteiger partial charge in [-0.1, -0.05) is 72.7 Å². The second-order valence-corrected chi connectivity index (χ2v) is 14.6. The van der Waals surface area contributed by atoms with E-state index in [0.29, 0.717) is 23.2 Å². The Hall–Kier alpha value is -5.05. The highest BCUT2D eigenvalue weighted by Gasteiger charge is 2.28. The first-order chi connectivity index (χ1) is 23.7. The summed E-state index contributed by atoms with van der Waals surface area (Å²) in [7, 11) is 0. The van der Waals surface area contributed by atoms with Crippen molar-refractivity contribution in [3.8, 4) is 23.0 Å². The van der Waals surface area contributed by atoms with Crippen LogP contribution >= 0.6 is 0 Å². The molecule has 276 valence electrons. The Labute approximate surface area is 303 Å². The molecule has 0 saturated heterocycles. The number of phenolic OH excluding ortho intramolecular Hbond substituents is 3. The van der Waals surface area contributed by atoms with Crippen molar-refractivity contribution in [3.05, 3.63) is 83.9 Å². The van der Waals surface area contributed by atoms with Gasteiger partial charge < -0.3 is 30.7 Å². The molecule has 4 rings (SSSR count). The van der Waals surface area contributed by atoms with Gasteiger partial charge in [0.25, 0.3) is 0 Å². The van der Waals surface area contributed by atoms with E-state index in [9.17, 15) is 24.6 Å². The van der Waals surface area contributed by atoms with E-state index in [4.69, 9.17) is 9.84 Å². The van der Waals surface area contributed by atoms with Crippen LogP contribution in [0.15, 0.2) is 72.8 Å². The van der Waals surface area contributed by atoms with Crippen LogP contribution in [-0.4, -0.2) is 33.1 Å².